The van der Waals surface area contributed by atoms with Crippen LogP contribution in [0.3, 0.4) is 0 Å². The molecule has 0 saturated carbocycles. The Morgan fingerprint density at radius 3 is 2.63 bits per heavy atom. The molecule has 0 unspecified atom stereocenters. The molecule has 4 aromatic rings. The van der Waals surface area contributed by atoms with Gasteiger partial charge < -0.3 is 5.32 Å². The summed E-state index contributed by atoms with van der Waals surface area (Å²) in [6, 6.07) is 18.2. The van der Waals surface area contributed by atoms with Crippen molar-refractivity contribution in [3.63, 3.8) is 0 Å². The maximum absolute atomic E-state index is 12.9. The topological polar surface area (TPSA) is 81.9 Å². The number of nitriles is 1. The van der Waals surface area contributed by atoms with E-state index in [0.717, 1.165) is 22.1 Å². The summed E-state index contributed by atoms with van der Waals surface area (Å²) < 4.78 is 0. The number of benzene rings is 2. The zero-order chi connectivity index (χ0) is 20.9. The highest BCUT2D eigenvalue weighted by Gasteiger charge is 2.19. The van der Waals surface area contributed by atoms with Crippen molar-refractivity contribution in [3.8, 4) is 6.07 Å². The molecular weight excluding hydrogens is 394 g/mol. The first-order valence-electron chi connectivity index (χ1n) is 9.17. The number of aryl methyl sites for hydroxylation is 1. The number of hydrogen-bond acceptors (Lipinski definition) is 6. The lowest BCUT2D eigenvalue weighted by Crippen LogP contribution is -2.15. The van der Waals surface area contributed by atoms with Gasteiger partial charge in [0, 0.05) is 29.0 Å². The lowest BCUT2D eigenvalue weighted by molar-refractivity contribution is 0.102. The summed E-state index contributed by atoms with van der Waals surface area (Å²) in [4.78, 5) is 23.5. The van der Waals surface area contributed by atoms with Gasteiger partial charge >= 0.3 is 0 Å². The number of carbonyl (C=O) groups is 1. The summed E-state index contributed by atoms with van der Waals surface area (Å²) in [5.41, 5.74) is 4.41. The van der Waals surface area contributed by atoms with E-state index in [1.165, 1.54) is 11.3 Å². The average molecular weight is 411 g/mol. The van der Waals surface area contributed by atoms with Crippen LogP contribution >= 0.6 is 11.3 Å². The first-order valence-corrected chi connectivity index (χ1v) is 10.1. The number of nitrogens with zero attached hydrogens (tertiary/aromatic N) is 4. The van der Waals surface area contributed by atoms with Gasteiger partial charge in [-0.15, -0.1) is 11.3 Å². The van der Waals surface area contributed by atoms with E-state index in [1.54, 1.807) is 48.9 Å². The van der Waals surface area contributed by atoms with E-state index >= 15 is 0 Å². The highest BCUT2D eigenvalue weighted by atomic mass is 32.1. The molecular formula is C23H17N5OS. The van der Waals surface area contributed by atoms with Crippen LogP contribution in [0.1, 0.15) is 21.5 Å². The predicted molar refractivity (Wildman–Crippen MR) is 118 cm³/mol. The summed E-state index contributed by atoms with van der Waals surface area (Å²) in [6.07, 6.45) is 5.24. The van der Waals surface area contributed by atoms with Crippen molar-refractivity contribution < 1.29 is 4.79 Å². The molecule has 0 spiro atoms. The smallest absolute Gasteiger partial charge is 0.255 e. The number of thiazole rings is 1. The molecule has 6 nitrogen and oxygen atoms in total. The van der Waals surface area contributed by atoms with Gasteiger partial charge in [0.25, 0.3) is 5.91 Å². The van der Waals surface area contributed by atoms with E-state index < -0.39 is 0 Å². The van der Waals surface area contributed by atoms with E-state index in [2.05, 4.69) is 21.4 Å². The quantitative estimate of drug-likeness (QED) is 0.473. The molecule has 2 aromatic carbocycles. The minimum Gasteiger partial charge on any atom is -0.322 e. The van der Waals surface area contributed by atoms with Gasteiger partial charge in [0.1, 0.15) is 0 Å². The van der Waals surface area contributed by atoms with E-state index in [9.17, 15) is 4.79 Å². The summed E-state index contributed by atoms with van der Waals surface area (Å²) in [6.45, 7) is 1.99. The highest BCUT2D eigenvalue weighted by Crippen LogP contribution is 2.37. The number of pyridine rings is 1. The Kier molecular flexibility index (Phi) is 5.50. The molecule has 0 bridgehead atoms. The Hall–Kier alpha value is -4.02. The second kappa shape index (κ2) is 8.55. The van der Waals surface area contributed by atoms with Gasteiger partial charge in [-0.2, -0.15) is 5.26 Å². The first kappa shape index (κ1) is 19.3. The predicted octanol–water partition coefficient (Wildman–Crippen LogP) is 5.44. The van der Waals surface area contributed by atoms with Crippen molar-refractivity contribution in [1.82, 2.24) is 9.97 Å². The van der Waals surface area contributed by atoms with Crippen LogP contribution in [-0.4, -0.2) is 15.9 Å². The lowest BCUT2D eigenvalue weighted by Gasteiger charge is -2.24. The molecule has 0 aliphatic heterocycles. The van der Waals surface area contributed by atoms with Gasteiger partial charge in [-0.25, -0.2) is 4.98 Å². The fourth-order valence-corrected chi connectivity index (χ4v) is 3.66. The maximum atomic E-state index is 12.9. The van der Waals surface area contributed by atoms with Crippen LogP contribution in [0.2, 0.25) is 0 Å². The molecule has 146 valence electrons. The van der Waals surface area contributed by atoms with Crippen LogP contribution in [0.4, 0.5) is 22.2 Å². The molecule has 0 fully saturated rings. The highest BCUT2D eigenvalue weighted by molar-refractivity contribution is 7.13. The standard InChI is InChI=1S/C23H17N5OS/c1-16-4-7-18(22(29)27-19-8-5-17(14-24)6-9-19)13-21(16)28(23-26-11-12-30-23)20-3-2-10-25-15-20/h2-13,15H,1H3,(H,27,29). The number of nitrogens with one attached hydrogen (secondary N) is 1. The number of amides is 1. The minimum atomic E-state index is -0.230. The van der Waals surface area contributed by atoms with Crippen LogP contribution in [0.5, 0.6) is 0 Å². The largest absolute Gasteiger partial charge is 0.322 e. The van der Waals surface area contributed by atoms with Crippen molar-refractivity contribution in [1.29, 1.82) is 5.26 Å². The zero-order valence-electron chi connectivity index (χ0n) is 16.1. The average Bonchev–Trinajstić information content (AvgIpc) is 3.31. The molecule has 0 saturated heterocycles. The van der Waals surface area contributed by atoms with Crippen molar-refractivity contribution in [2.45, 2.75) is 6.92 Å². The second-order valence-electron chi connectivity index (χ2n) is 6.51. The third-order valence-electron chi connectivity index (χ3n) is 4.50. The number of anilines is 4. The molecule has 0 radical (unpaired) electrons. The van der Waals surface area contributed by atoms with E-state index in [4.69, 9.17) is 5.26 Å². The Morgan fingerprint density at radius 2 is 1.97 bits per heavy atom. The molecule has 7 heteroatoms. The Bertz CT molecular complexity index is 1200. The fourth-order valence-electron chi connectivity index (χ4n) is 2.99. The second-order valence-corrected chi connectivity index (χ2v) is 7.38. The molecule has 1 N–H and O–H groups in total. The Morgan fingerprint density at radius 1 is 1.13 bits per heavy atom. The number of rotatable bonds is 5. The normalized spacial score (nSPS) is 10.3. The van der Waals surface area contributed by atoms with Gasteiger partial charge in [-0.3, -0.25) is 14.7 Å². The van der Waals surface area contributed by atoms with Crippen LogP contribution in [0, 0.1) is 18.3 Å². The van der Waals surface area contributed by atoms with Crippen molar-refractivity contribution in [2.75, 3.05) is 10.2 Å². The van der Waals surface area contributed by atoms with Crippen LogP contribution in [0.25, 0.3) is 0 Å². The van der Waals surface area contributed by atoms with Gasteiger partial charge in [-0.1, -0.05) is 6.07 Å². The van der Waals surface area contributed by atoms with Crippen molar-refractivity contribution in [2.24, 2.45) is 0 Å². The third kappa shape index (κ3) is 4.04. The maximum Gasteiger partial charge on any atom is 0.255 e. The number of hydrogen-bond donors (Lipinski definition) is 1. The molecule has 0 atom stereocenters. The van der Waals surface area contributed by atoms with Crippen molar-refractivity contribution >= 4 is 39.4 Å². The zero-order valence-corrected chi connectivity index (χ0v) is 16.9. The van der Waals surface area contributed by atoms with Crippen LogP contribution in [-0.2, 0) is 0 Å². The summed E-state index contributed by atoms with van der Waals surface area (Å²) in [5.74, 6) is -0.230. The Labute approximate surface area is 178 Å². The van der Waals surface area contributed by atoms with Crippen LogP contribution in [0.15, 0.2) is 78.6 Å². The fraction of sp³-hybridized carbons (Fsp3) is 0.0435. The van der Waals surface area contributed by atoms with Gasteiger partial charge in [0.2, 0.25) is 0 Å². The number of carbonyl (C=O) groups excluding carboxylic acids is 1. The summed E-state index contributed by atoms with van der Waals surface area (Å²) in [5, 5.41) is 14.5. The van der Waals surface area contributed by atoms with Gasteiger partial charge in [0.05, 0.1) is 29.2 Å². The minimum absolute atomic E-state index is 0.230. The molecule has 4 rings (SSSR count). The SMILES string of the molecule is Cc1ccc(C(=O)Nc2ccc(C#N)cc2)cc1N(c1cccnc1)c1nccs1. The van der Waals surface area contributed by atoms with Gasteiger partial charge in [0.15, 0.2) is 5.13 Å². The van der Waals surface area contributed by atoms with E-state index in [-0.39, 0.29) is 5.91 Å². The Balaban J connectivity index is 1.69. The van der Waals surface area contributed by atoms with E-state index in [1.807, 2.05) is 41.5 Å². The lowest BCUT2D eigenvalue weighted by atomic mass is 10.1. The van der Waals surface area contributed by atoms with Crippen molar-refractivity contribution in [3.05, 3.63) is 95.3 Å². The molecule has 30 heavy (non-hydrogen) atoms. The molecule has 2 aromatic heterocycles. The molecule has 1 amide bonds. The number of aromatic nitrogens is 2. The molecule has 0 aliphatic carbocycles. The first-order chi connectivity index (χ1) is 14.7. The van der Waals surface area contributed by atoms with Gasteiger partial charge in [-0.05, 0) is 61.0 Å². The summed E-state index contributed by atoms with van der Waals surface area (Å²) in [7, 11) is 0. The third-order valence-corrected chi connectivity index (χ3v) is 5.26. The molecule has 0 aliphatic rings. The molecule has 2 heterocycles. The summed E-state index contributed by atoms with van der Waals surface area (Å²) >= 11 is 1.51. The van der Waals surface area contributed by atoms with E-state index in [0.29, 0.717) is 16.8 Å². The monoisotopic (exact) mass is 411 g/mol. The van der Waals surface area contributed by atoms with Crippen LogP contribution < -0.4 is 10.2 Å².